The van der Waals surface area contributed by atoms with Crippen molar-refractivity contribution >= 4 is 15.7 Å². The highest BCUT2D eigenvalue weighted by Gasteiger charge is 2.30. The second-order valence-corrected chi connectivity index (χ2v) is 10.3. The SMILES string of the molecule is CC(C)(C)c1ccc(C(=O)NCC(c2cccnc2)S(=O)(=O)c2ccccc2)cc1. The zero-order chi connectivity index (χ0) is 21.8. The average molecular weight is 423 g/mol. The molecule has 0 saturated carbocycles. The summed E-state index contributed by atoms with van der Waals surface area (Å²) in [6, 6.07) is 19.0. The molecule has 0 aliphatic carbocycles. The van der Waals surface area contributed by atoms with Gasteiger partial charge in [-0.25, -0.2) is 8.42 Å². The minimum atomic E-state index is -3.71. The van der Waals surface area contributed by atoms with Crippen LogP contribution in [0, 0.1) is 0 Å². The second kappa shape index (κ2) is 8.79. The highest BCUT2D eigenvalue weighted by atomic mass is 32.2. The molecule has 1 heterocycles. The molecule has 5 nitrogen and oxygen atoms in total. The monoisotopic (exact) mass is 422 g/mol. The van der Waals surface area contributed by atoms with E-state index in [2.05, 4.69) is 31.1 Å². The summed E-state index contributed by atoms with van der Waals surface area (Å²) >= 11 is 0. The maximum atomic E-state index is 13.3. The molecule has 0 bridgehead atoms. The number of sulfone groups is 1. The van der Waals surface area contributed by atoms with Crippen molar-refractivity contribution in [3.8, 4) is 0 Å². The summed E-state index contributed by atoms with van der Waals surface area (Å²) in [5.74, 6) is -0.312. The summed E-state index contributed by atoms with van der Waals surface area (Å²) in [6.07, 6.45) is 3.11. The molecule has 3 aromatic rings. The van der Waals surface area contributed by atoms with Gasteiger partial charge in [0.2, 0.25) is 0 Å². The number of aromatic nitrogens is 1. The van der Waals surface area contributed by atoms with E-state index in [9.17, 15) is 13.2 Å². The van der Waals surface area contributed by atoms with Crippen molar-refractivity contribution in [1.82, 2.24) is 10.3 Å². The second-order valence-electron chi connectivity index (χ2n) is 8.17. The summed E-state index contributed by atoms with van der Waals surface area (Å²) in [5, 5.41) is 1.85. The quantitative estimate of drug-likeness (QED) is 0.642. The van der Waals surface area contributed by atoms with Crippen LogP contribution in [0.3, 0.4) is 0 Å². The lowest BCUT2D eigenvalue weighted by atomic mass is 9.87. The highest BCUT2D eigenvalue weighted by molar-refractivity contribution is 7.91. The van der Waals surface area contributed by atoms with Gasteiger partial charge < -0.3 is 5.32 Å². The third kappa shape index (κ3) is 4.94. The van der Waals surface area contributed by atoms with E-state index < -0.39 is 15.1 Å². The predicted molar refractivity (Wildman–Crippen MR) is 118 cm³/mol. The van der Waals surface area contributed by atoms with E-state index in [0.29, 0.717) is 11.1 Å². The fraction of sp³-hybridized carbons (Fsp3) is 0.250. The van der Waals surface area contributed by atoms with Gasteiger partial charge in [-0.3, -0.25) is 9.78 Å². The van der Waals surface area contributed by atoms with Crippen molar-refractivity contribution < 1.29 is 13.2 Å². The van der Waals surface area contributed by atoms with Crippen LogP contribution in [0.1, 0.15) is 47.5 Å². The summed E-state index contributed by atoms with van der Waals surface area (Å²) in [7, 11) is -3.71. The third-order valence-corrected chi connectivity index (χ3v) is 7.08. The maximum absolute atomic E-state index is 13.3. The first kappa shape index (κ1) is 21.7. The zero-order valence-corrected chi connectivity index (χ0v) is 18.2. The van der Waals surface area contributed by atoms with Crippen LogP contribution >= 0.6 is 0 Å². The van der Waals surface area contributed by atoms with E-state index in [0.717, 1.165) is 5.56 Å². The van der Waals surface area contributed by atoms with E-state index in [4.69, 9.17) is 0 Å². The van der Waals surface area contributed by atoms with Crippen molar-refractivity contribution in [3.63, 3.8) is 0 Å². The van der Waals surface area contributed by atoms with Crippen molar-refractivity contribution in [2.45, 2.75) is 36.3 Å². The average Bonchev–Trinajstić information content (AvgIpc) is 2.74. The van der Waals surface area contributed by atoms with E-state index in [1.165, 1.54) is 6.20 Å². The van der Waals surface area contributed by atoms with Gasteiger partial charge in [0.1, 0.15) is 5.25 Å². The molecule has 0 radical (unpaired) electrons. The summed E-state index contributed by atoms with van der Waals surface area (Å²) < 4.78 is 26.5. The summed E-state index contributed by atoms with van der Waals surface area (Å²) in [5.41, 5.74) is 2.14. The third-order valence-electron chi connectivity index (χ3n) is 4.96. The van der Waals surface area contributed by atoms with Crippen LogP contribution < -0.4 is 5.32 Å². The van der Waals surface area contributed by atoms with Crippen LogP contribution in [0.5, 0.6) is 0 Å². The first-order chi connectivity index (χ1) is 14.2. The molecule has 0 aliphatic heterocycles. The lowest BCUT2D eigenvalue weighted by Gasteiger charge is -2.20. The number of nitrogens with one attached hydrogen (secondary N) is 1. The molecular formula is C24H26N2O3S. The molecule has 0 fully saturated rings. The number of amides is 1. The fourth-order valence-corrected chi connectivity index (χ4v) is 4.82. The van der Waals surface area contributed by atoms with E-state index in [1.54, 1.807) is 60.8 Å². The number of carbonyl (C=O) groups is 1. The Hall–Kier alpha value is -2.99. The van der Waals surface area contributed by atoms with Crippen molar-refractivity contribution in [2.75, 3.05) is 6.54 Å². The van der Waals surface area contributed by atoms with Gasteiger partial charge in [-0.05, 0) is 46.9 Å². The van der Waals surface area contributed by atoms with Crippen molar-refractivity contribution in [3.05, 3.63) is 95.8 Å². The maximum Gasteiger partial charge on any atom is 0.251 e. The lowest BCUT2D eigenvalue weighted by molar-refractivity contribution is 0.0953. The van der Waals surface area contributed by atoms with Gasteiger partial charge >= 0.3 is 0 Å². The molecule has 0 saturated heterocycles. The topological polar surface area (TPSA) is 76.1 Å². The van der Waals surface area contributed by atoms with Gasteiger partial charge in [0, 0.05) is 24.5 Å². The fourth-order valence-electron chi connectivity index (χ4n) is 3.16. The lowest BCUT2D eigenvalue weighted by Crippen LogP contribution is -2.32. The molecule has 1 unspecified atom stereocenters. The predicted octanol–water partition coefficient (Wildman–Crippen LogP) is 4.32. The Morgan fingerprint density at radius 1 is 0.967 bits per heavy atom. The van der Waals surface area contributed by atoms with Crippen LogP contribution in [0.25, 0.3) is 0 Å². The number of hydrogen-bond donors (Lipinski definition) is 1. The molecule has 30 heavy (non-hydrogen) atoms. The van der Waals surface area contributed by atoms with Crippen molar-refractivity contribution in [2.24, 2.45) is 0 Å². The zero-order valence-electron chi connectivity index (χ0n) is 17.4. The summed E-state index contributed by atoms with van der Waals surface area (Å²) in [6.45, 7) is 6.27. The molecular weight excluding hydrogens is 396 g/mol. The normalized spacial score (nSPS) is 12.9. The Morgan fingerprint density at radius 3 is 2.20 bits per heavy atom. The van der Waals surface area contributed by atoms with Gasteiger partial charge in [0.25, 0.3) is 5.91 Å². The number of carbonyl (C=O) groups excluding carboxylic acids is 1. The molecule has 156 valence electrons. The first-order valence-corrected chi connectivity index (χ1v) is 11.3. The van der Waals surface area contributed by atoms with Gasteiger partial charge in [0.05, 0.1) is 4.90 Å². The number of nitrogens with zero attached hydrogens (tertiary/aromatic N) is 1. The van der Waals surface area contributed by atoms with Crippen LogP contribution in [-0.4, -0.2) is 25.9 Å². The Labute approximate surface area is 178 Å². The van der Waals surface area contributed by atoms with Gasteiger partial charge in [0.15, 0.2) is 9.84 Å². The summed E-state index contributed by atoms with van der Waals surface area (Å²) in [4.78, 5) is 16.9. The molecule has 2 aromatic carbocycles. The molecule has 6 heteroatoms. The van der Waals surface area contributed by atoms with Crippen LogP contribution in [0.2, 0.25) is 0 Å². The van der Waals surface area contributed by atoms with Crippen molar-refractivity contribution in [1.29, 1.82) is 0 Å². The van der Waals surface area contributed by atoms with E-state index >= 15 is 0 Å². The molecule has 1 aromatic heterocycles. The number of rotatable bonds is 6. The Balaban J connectivity index is 1.83. The Morgan fingerprint density at radius 2 is 1.63 bits per heavy atom. The Kier molecular flexibility index (Phi) is 6.37. The number of hydrogen-bond acceptors (Lipinski definition) is 4. The minimum Gasteiger partial charge on any atom is -0.350 e. The van der Waals surface area contributed by atoms with Gasteiger partial charge in [-0.2, -0.15) is 0 Å². The molecule has 0 aliphatic rings. The van der Waals surface area contributed by atoms with E-state index in [1.807, 2.05) is 12.1 Å². The number of pyridine rings is 1. The van der Waals surface area contributed by atoms with Crippen LogP contribution in [0.4, 0.5) is 0 Å². The van der Waals surface area contributed by atoms with E-state index in [-0.39, 0.29) is 22.8 Å². The minimum absolute atomic E-state index is 0.00975. The first-order valence-electron chi connectivity index (χ1n) is 9.77. The smallest absolute Gasteiger partial charge is 0.251 e. The number of benzene rings is 2. The largest absolute Gasteiger partial charge is 0.350 e. The molecule has 0 spiro atoms. The van der Waals surface area contributed by atoms with Gasteiger partial charge in [-0.15, -0.1) is 0 Å². The molecule has 1 N–H and O–H groups in total. The van der Waals surface area contributed by atoms with Gasteiger partial charge in [-0.1, -0.05) is 57.2 Å². The molecule has 1 amide bonds. The van der Waals surface area contributed by atoms with Crippen LogP contribution in [-0.2, 0) is 15.3 Å². The highest BCUT2D eigenvalue weighted by Crippen LogP contribution is 2.28. The standard InChI is InChI=1S/C24H26N2O3S/c1-24(2,3)20-13-11-18(12-14-20)23(27)26-17-22(19-8-7-15-25-16-19)30(28,29)21-9-5-4-6-10-21/h4-16,22H,17H2,1-3H3,(H,26,27). The Bertz CT molecular complexity index is 1090. The molecule has 1 atom stereocenters. The molecule has 3 rings (SSSR count). The van der Waals surface area contributed by atoms with Crippen LogP contribution in [0.15, 0.2) is 84.0 Å².